The molecule has 0 radical (unpaired) electrons. The Labute approximate surface area is 154 Å². The van der Waals surface area contributed by atoms with E-state index in [1.807, 2.05) is 24.3 Å². The first-order valence-electron chi connectivity index (χ1n) is 8.25. The number of oxazole rings is 1. The van der Waals surface area contributed by atoms with E-state index < -0.39 is 12.3 Å². The molecule has 26 heavy (non-hydrogen) atoms. The van der Waals surface area contributed by atoms with E-state index in [0.29, 0.717) is 22.1 Å². The Balaban J connectivity index is 1.39. The molecular weight excluding hydrogens is 359 g/mol. The highest BCUT2D eigenvalue weighted by Crippen LogP contribution is 2.22. The maximum Gasteiger partial charge on any atom is 0.254 e. The van der Waals surface area contributed by atoms with Crippen LogP contribution in [-0.2, 0) is 11.3 Å². The number of amides is 1. The molecule has 2 aromatic carbocycles. The largest absolute Gasteiger partial charge is 0.438 e. The van der Waals surface area contributed by atoms with Crippen molar-refractivity contribution in [1.82, 2.24) is 9.88 Å². The van der Waals surface area contributed by atoms with Crippen molar-refractivity contribution in [2.75, 3.05) is 13.1 Å². The molecule has 0 saturated carbocycles. The molecule has 0 bridgehead atoms. The van der Waals surface area contributed by atoms with E-state index in [4.69, 9.17) is 20.8 Å². The molecule has 0 spiro atoms. The van der Waals surface area contributed by atoms with E-state index >= 15 is 0 Å². The number of ether oxygens (including phenoxy) is 1. The number of para-hydroxylation sites is 2. The van der Waals surface area contributed by atoms with Gasteiger partial charge in [-0.25, -0.2) is 9.37 Å². The minimum atomic E-state index is -1.25. The third-order valence-electron chi connectivity index (χ3n) is 4.34. The summed E-state index contributed by atoms with van der Waals surface area (Å²) in [5.74, 6) is 0.151. The van der Waals surface area contributed by atoms with E-state index in [9.17, 15) is 9.18 Å². The molecule has 1 fully saturated rings. The first-order chi connectivity index (χ1) is 12.6. The summed E-state index contributed by atoms with van der Waals surface area (Å²) in [4.78, 5) is 18.2. The first kappa shape index (κ1) is 17.0. The van der Waals surface area contributed by atoms with Crippen molar-refractivity contribution < 1.29 is 18.3 Å². The van der Waals surface area contributed by atoms with Gasteiger partial charge in [-0.3, -0.25) is 4.79 Å². The van der Waals surface area contributed by atoms with Crippen LogP contribution in [0.15, 0.2) is 52.9 Å². The fourth-order valence-corrected chi connectivity index (χ4v) is 3.12. The Kier molecular flexibility index (Phi) is 4.61. The molecule has 0 aliphatic carbocycles. The fourth-order valence-electron chi connectivity index (χ4n) is 2.99. The standard InChI is InChI=1S/C19H16ClFN2O3/c20-13-7-5-12(6-8-13)19(24)23-9-14(21)17(10-23)25-11-18-22-15-3-1-2-4-16(15)26-18/h1-8,14,17H,9-11H2. The highest BCUT2D eigenvalue weighted by Gasteiger charge is 2.36. The van der Waals surface area contributed by atoms with Crippen LogP contribution in [0.25, 0.3) is 11.1 Å². The summed E-state index contributed by atoms with van der Waals surface area (Å²) in [5.41, 5.74) is 1.86. The summed E-state index contributed by atoms with van der Waals surface area (Å²) in [5, 5.41) is 0.547. The molecule has 5 nitrogen and oxygen atoms in total. The summed E-state index contributed by atoms with van der Waals surface area (Å²) < 4.78 is 25.5. The van der Waals surface area contributed by atoms with Gasteiger partial charge in [0.2, 0.25) is 5.89 Å². The van der Waals surface area contributed by atoms with Crippen LogP contribution < -0.4 is 0 Å². The maximum atomic E-state index is 14.3. The SMILES string of the molecule is O=C(c1ccc(Cl)cc1)N1CC(F)C(OCc2nc3ccccc3o2)C1. The number of halogens is 2. The van der Waals surface area contributed by atoms with Gasteiger partial charge in [-0.1, -0.05) is 23.7 Å². The highest BCUT2D eigenvalue weighted by molar-refractivity contribution is 6.30. The number of fused-ring (bicyclic) bond motifs is 1. The third kappa shape index (κ3) is 3.43. The van der Waals surface area contributed by atoms with Gasteiger partial charge >= 0.3 is 0 Å². The predicted octanol–water partition coefficient (Wildman–Crippen LogP) is 3.86. The lowest BCUT2D eigenvalue weighted by atomic mass is 10.2. The van der Waals surface area contributed by atoms with E-state index in [0.717, 1.165) is 5.52 Å². The molecule has 1 saturated heterocycles. The summed E-state index contributed by atoms with van der Waals surface area (Å²) in [7, 11) is 0. The first-order valence-corrected chi connectivity index (χ1v) is 8.63. The van der Waals surface area contributed by atoms with E-state index in [-0.39, 0.29) is 25.6 Å². The quantitative estimate of drug-likeness (QED) is 0.695. The Bertz CT molecular complexity index is 895. The van der Waals surface area contributed by atoms with Crippen LogP contribution in [0.4, 0.5) is 4.39 Å². The number of carbonyl (C=O) groups is 1. The van der Waals surface area contributed by atoms with Crippen LogP contribution in [0.1, 0.15) is 16.2 Å². The van der Waals surface area contributed by atoms with Gasteiger partial charge in [0.05, 0.1) is 13.1 Å². The second-order valence-corrected chi connectivity index (χ2v) is 6.59. The second-order valence-electron chi connectivity index (χ2n) is 6.16. The molecule has 3 aromatic rings. The zero-order valence-electron chi connectivity index (χ0n) is 13.8. The summed E-state index contributed by atoms with van der Waals surface area (Å²) >= 11 is 5.83. The zero-order chi connectivity index (χ0) is 18.1. The van der Waals surface area contributed by atoms with Gasteiger partial charge in [0.25, 0.3) is 5.91 Å². The monoisotopic (exact) mass is 374 g/mol. The lowest BCUT2D eigenvalue weighted by Gasteiger charge is -2.16. The molecule has 1 aliphatic rings. The number of nitrogens with zero attached hydrogens (tertiary/aromatic N) is 2. The molecule has 1 amide bonds. The normalized spacial score (nSPS) is 20.0. The molecule has 134 valence electrons. The van der Waals surface area contributed by atoms with Crippen molar-refractivity contribution in [1.29, 1.82) is 0 Å². The zero-order valence-corrected chi connectivity index (χ0v) is 14.5. The van der Waals surface area contributed by atoms with Crippen molar-refractivity contribution in [3.63, 3.8) is 0 Å². The number of hydrogen-bond acceptors (Lipinski definition) is 4. The molecule has 2 atom stereocenters. The average molecular weight is 375 g/mol. The molecule has 7 heteroatoms. The second kappa shape index (κ2) is 7.05. The predicted molar refractivity (Wildman–Crippen MR) is 94.8 cm³/mol. The van der Waals surface area contributed by atoms with E-state index in [1.165, 1.54) is 4.90 Å². The molecule has 1 aliphatic heterocycles. The van der Waals surface area contributed by atoms with Crippen LogP contribution in [0.5, 0.6) is 0 Å². The van der Waals surface area contributed by atoms with Gasteiger partial charge in [0.15, 0.2) is 5.58 Å². The van der Waals surface area contributed by atoms with Crippen LogP contribution >= 0.6 is 11.6 Å². The molecule has 4 rings (SSSR count). The summed E-state index contributed by atoms with van der Waals surface area (Å²) in [6.45, 7) is 0.241. The maximum absolute atomic E-state index is 14.3. The number of rotatable bonds is 4. The Morgan fingerprint density at radius 3 is 2.77 bits per heavy atom. The molecule has 2 heterocycles. The number of alkyl halides is 1. The van der Waals surface area contributed by atoms with Gasteiger partial charge in [-0.15, -0.1) is 0 Å². The third-order valence-corrected chi connectivity index (χ3v) is 4.59. The Morgan fingerprint density at radius 1 is 1.23 bits per heavy atom. The summed E-state index contributed by atoms with van der Waals surface area (Å²) in [6.07, 6.45) is -1.96. The van der Waals surface area contributed by atoms with Crippen molar-refractivity contribution in [3.05, 3.63) is 65.0 Å². The van der Waals surface area contributed by atoms with E-state index in [1.54, 1.807) is 24.3 Å². The molecule has 1 aromatic heterocycles. The fraction of sp³-hybridized carbons (Fsp3) is 0.263. The number of benzene rings is 2. The van der Waals surface area contributed by atoms with Gasteiger partial charge < -0.3 is 14.1 Å². The minimum Gasteiger partial charge on any atom is -0.438 e. The molecular formula is C19H16ClFN2O3. The number of carbonyl (C=O) groups excluding carboxylic acids is 1. The van der Waals surface area contributed by atoms with Crippen LogP contribution in [0, 0.1) is 0 Å². The van der Waals surface area contributed by atoms with Crippen molar-refractivity contribution in [2.45, 2.75) is 18.9 Å². The van der Waals surface area contributed by atoms with Gasteiger partial charge in [0.1, 0.15) is 24.4 Å². The number of hydrogen-bond donors (Lipinski definition) is 0. The Hall–Kier alpha value is -2.44. The minimum absolute atomic E-state index is 0.000312. The molecule has 2 unspecified atom stereocenters. The van der Waals surface area contributed by atoms with Crippen LogP contribution in [-0.4, -0.2) is 41.2 Å². The Morgan fingerprint density at radius 2 is 2.00 bits per heavy atom. The van der Waals surface area contributed by atoms with Crippen LogP contribution in [0.3, 0.4) is 0 Å². The van der Waals surface area contributed by atoms with Gasteiger partial charge in [0, 0.05) is 10.6 Å². The van der Waals surface area contributed by atoms with Crippen molar-refractivity contribution in [3.8, 4) is 0 Å². The van der Waals surface area contributed by atoms with Crippen molar-refractivity contribution >= 4 is 28.6 Å². The highest BCUT2D eigenvalue weighted by atomic mass is 35.5. The molecule has 0 N–H and O–H groups in total. The summed E-state index contributed by atoms with van der Waals surface area (Å²) in [6, 6.07) is 13.9. The lowest BCUT2D eigenvalue weighted by molar-refractivity contribution is 0.00271. The van der Waals surface area contributed by atoms with Gasteiger partial charge in [-0.05, 0) is 36.4 Å². The van der Waals surface area contributed by atoms with E-state index in [2.05, 4.69) is 4.98 Å². The van der Waals surface area contributed by atoms with Crippen LogP contribution in [0.2, 0.25) is 5.02 Å². The van der Waals surface area contributed by atoms with Crippen molar-refractivity contribution in [2.24, 2.45) is 0 Å². The lowest BCUT2D eigenvalue weighted by Crippen LogP contribution is -2.30. The number of likely N-dealkylation sites (tertiary alicyclic amines) is 1. The van der Waals surface area contributed by atoms with Gasteiger partial charge in [-0.2, -0.15) is 0 Å². The average Bonchev–Trinajstić information content (AvgIpc) is 3.23. The number of aromatic nitrogens is 1. The smallest absolute Gasteiger partial charge is 0.254 e. The topological polar surface area (TPSA) is 55.6 Å².